The first-order chi connectivity index (χ1) is 15.9. The molecule has 0 saturated heterocycles. The molecule has 0 aromatic carbocycles. The van der Waals surface area contributed by atoms with Gasteiger partial charge in [-0.3, -0.25) is 24.1 Å². The molecule has 0 spiro atoms. The Morgan fingerprint density at radius 2 is 1.71 bits per heavy atom. The van der Waals surface area contributed by atoms with Crippen LogP contribution in [0.4, 0.5) is 4.79 Å². The van der Waals surface area contributed by atoms with Crippen molar-refractivity contribution in [3.05, 3.63) is 12.2 Å². The van der Waals surface area contributed by atoms with Crippen molar-refractivity contribution in [1.29, 1.82) is 0 Å². The van der Waals surface area contributed by atoms with Crippen molar-refractivity contribution in [3.8, 4) is 0 Å². The number of imide groups is 1. The predicted molar refractivity (Wildman–Crippen MR) is 128 cm³/mol. The van der Waals surface area contributed by atoms with E-state index in [9.17, 15) is 24.0 Å². The standard InChI is InChI=1S/C23H40N6O5/c1-6-23(4,12-8-14-29-17(30)10-11-18(29)31)28-19(15(2)3)21(33)27-16(20(32)25-5)9-7-13-26-22(24)34/h10-11,15-16,19,28H,6-9,12-14H2,1-5H3,(H,25,32)(H,27,33)(H3,24,26,34)/t16-,19-,23?/m0/s1. The summed E-state index contributed by atoms with van der Waals surface area (Å²) in [4.78, 5) is 61.1. The van der Waals surface area contributed by atoms with Gasteiger partial charge in [-0.25, -0.2) is 4.79 Å². The van der Waals surface area contributed by atoms with Gasteiger partial charge in [-0.05, 0) is 44.9 Å². The number of hydrogen-bond donors (Lipinski definition) is 5. The molecule has 0 bridgehead atoms. The Balaban J connectivity index is 2.76. The first-order valence-corrected chi connectivity index (χ1v) is 11.8. The van der Waals surface area contributed by atoms with Gasteiger partial charge < -0.3 is 27.0 Å². The van der Waals surface area contributed by atoms with Crippen molar-refractivity contribution in [2.45, 2.75) is 77.4 Å². The average molecular weight is 481 g/mol. The van der Waals surface area contributed by atoms with E-state index >= 15 is 0 Å². The molecule has 3 atom stereocenters. The van der Waals surface area contributed by atoms with Gasteiger partial charge in [0.1, 0.15) is 6.04 Å². The maximum absolute atomic E-state index is 13.2. The van der Waals surface area contributed by atoms with E-state index in [1.807, 2.05) is 27.7 Å². The van der Waals surface area contributed by atoms with Gasteiger partial charge in [0.25, 0.3) is 11.8 Å². The minimum Gasteiger partial charge on any atom is -0.357 e. The van der Waals surface area contributed by atoms with E-state index in [2.05, 4.69) is 21.3 Å². The van der Waals surface area contributed by atoms with Crippen LogP contribution in [0.2, 0.25) is 0 Å². The van der Waals surface area contributed by atoms with Gasteiger partial charge in [0, 0.05) is 37.8 Å². The summed E-state index contributed by atoms with van der Waals surface area (Å²) >= 11 is 0. The maximum Gasteiger partial charge on any atom is 0.312 e. The molecule has 0 aliphatic carbocycles. The van der Waals surface area contributed by atoms with E-state index < -0.39 is 23.7 Å². The molecule has 1 heterocycles. The second-order valence-electron chi connectivity index (χ2n) is 9.15. The van der Waals surface area contributed by atoms with Crippen molar-refractivity contribution >= 4 is 29.7 Å². The number of nitrogens with one attached hydrogen (secondary N) is 4. The number of rotatable bonds is 15. The quantitative estimate of drug-likeness (QED) is 0.165. The monoisotopic (exact) mass is 480 g/mol. The Bertz CT molecular complexity index is 766. The van der Waals surface area contributed by atoms with E-state index in [1.165, 1.54) is 24.1 Å². The summed E-state index contributed by atoms with van der Waals surface area (Å²) in [5.74, 6) is -1.27. The molecule has 1 aliphatic heterocycles. The van der Waals surface area contributed by atoms with Gasteiger partial charge in [-0.2, -0.15) is 0 Å². The van der Waals surface area contributed by atoms with Gasteiger partial charge in [-0.1, -0.05) is 20.8 Å². The largest absolute Gasteiger partial charge is 0.357 e. The molecule has 1 aliphatic rings. The first kappa shape index (κ1) is 29.1. The highest BCUT2D eigenvalue weighted by atomic mass is 16.2. The van der Waals surface area contributed by atoms with Gasteiger partial charge in [0.15, 0.2) is 0 Å². The molecule has 1 unspecified atom stereocenters. The van der Waals surface area contributed by atoms with E-state index in [1.54, 1.807) is 0 Å². The van der Waals surface area contributed by atoms with Crippen LogP contribution in [0.1, 0.15) is 59.8 Å². The van der Waals surface area contributed by atoms with E-state index in [0.29, 0.717) is 38.8 Å². The molecular weight excluding hydrogens is 440 g/mol. The summed E-state index contributed by atoms with van der Waals surface area (Å²) < 4.78 is 0. The molecule has 11 heteroatoms. The summed E-state index contributed by atoms with van der Waals surface area (Å²) in [7, 11) is 1.50. The normalized spacial score (nSPS) is 16.8. The van der Waals surface area contributed by atoms with Gasteiger partial charge >= 0.3 is 6.03 Å². The molecule has 0 radical (unpaired) electrons. The molecule has 0 saturated carbocycles. The Kier molecular flexibility index (Phi) is 11.7. The highest BCUT2D eigenvalue weighted by Gasteiger charge is 2.33. The number of nitrogens with zero attached hydrogens (tertiary/aromatic N) is 1. The number of amides is 6. The minimum atomic E-state index is -0.747. The molecule has 0 aromatic heterocycles. The van der Waals surface area contributed by atoms with Crippen molar-refractivity contribution in [2.24, 2.45) is 11.7 Å². The summed E-state index contributed by atoms with van der Waals surface area (Å²) in [6.45, 7) is 8.48. The highest BCUT2D eigenvalue weighted by molar-refractivity contribution is 6.12. The number of urea groups is 1. The summed E-state index contributed by atoms with van der Waals surface area (Å²) in [5, 5.41) is 11.3. The number of likely N-dealkylation sites (N-methyl/N-ethyl adjacent to an activating group) is 1. The molecule has 0 fully saturated rings. The fourth-order valence-electron chi connectivity index (χ4n) is 3.76. The lowest BCUT2D eigenvalue weighted by Gasteiger charge is -2.36. The molecule has 1 rings (SSSR count). The summed E-state index contributed by atoms with van der Waals surface area (Å²) in [6, 6.07) is -1.95. The zero-order chi connectivity index (χ0) is 25.9. The average Bonchev–Trinajstić information content (AvgIpc) is 3.10. The van der Waals surface area contributed by atoms with E-state index in [4.69, 9.17) is 5.73 Å². The number of hydrogen-bond acceptors (Lipinski definition) is 6. The zero-order valence-corrected chi connectivity index (χ0v) is 20.9. The topological polar surface area (TPSA) is 163 Å². The lowest BCUT2D eigenvalue weighted by atomic mass is 9.89. The second kappa shape index (κ2) is 13.7. The molecule has 6 N–H and O–H groups in total. The fraction of sp³-hybridized carbons (Fsp3) is 0.696. The van der Waals surface area contributed by atoms with Gasteiger partial charge in [-0.15, -0.1) is 0 Å². The lowest BCUT2D eigenvalue weighted by Crippen LogP contribution is -2.59. The van der Waals surface area contributed by atoms with Crippen LogP contribution >= 0.6 is 0 Å². The van der Waals surface area contributed by atoms with Crippen molar-refractivity contribution < 1.29 is 24.0 Å². The smallest absolute Gasteiger partial charge is 0.312 e. The van der Waals surface area contributed by atoms with Crippen LogP contribution in [0.3, 0.4) is 0 Å². The van der Waals surface area contributed by atoms with Crippen molar-refractivity contribution in [3.63, 3.8) is 0 Å². The van der Waals surface area contributed by atoms with Gasteiger partial charge in [0.2, 0.25) is 11.8 Å². The molecule has 6 amide bonds. The Morgan fingerprint density at radius 1 is 1.09 bits per heavy atom. The Labute approximate surface area is 201 Å². The lowest BCUT2D eigenvalue weighted by molar-refractivity contribution is -0.137. The van der Waals surface area contributed by atoms with E-state index in [-0.39, 0.29) is 29.5 Å². The highest BCUT2D eigenvalue weighted by Crippen LogP contribution is 2.21. The fourth-order valence-corrected chi connectivity index (χ4v) is 3.76. The number of nitrogens with two attached hydrogens (primary N) is 1. The molecule has 0 aromatic rings. The second-order valence-corrected chi connectivity index (χ2v) is 9.15. The number of carbonyl (C=O) groups is 5. The Hall–Kier alpha value is -2.95. The third-order valence-electron chi connectivity index (χ3n) is 6.09. The molecule has 34 heavy (non-hydrogen) atoms. The predicted octanol–water partition coefficient (Wildman–Crippen LogP) is 0.154. The van der Waals surface area contributed by atoms with Crippen molar-refractivity contribution in [1.82, 2.24) is 26.2 Å². The SMILES string of the molecule is CCC(C)(CCCN1C(=O)C=CC1=O)N[C@H](C(=O)N[C@@H](CCCNC(N)=O)C(=O)NC)C(C)C. The van der Waals surface area contributed by atoms with Crippen LogP contribution < -0.4 is 27.0 Å². The van der Waals surface area contributed by atoms with Crippen LogP contribution in [0.15, 0.2) is 12.2 Å². The number of carbonyl (C=O) groups excluding carboxylic acids is 5. The third-order valence-corrected chi connectivity index (χ3v) is 6.09. The van der Waals surface area contributed by atoms with Gasteiger partial charge in [0.05, 0.1) is 6.04 Å². The minimum absolute atomic E-state index is 0.0568. The first-order valence-electron chi connectivity index (χ1n) is 11.8. The van der Waals surface area contributed by atoms with Crippen LogP contribution in [0.25, 0.3) is 0 Å². The third kappa shape index (κ3) is 9.12. The van der Waals surface area contributed by atoms with Crippen LogP contribution in [0, 0.1) is 5.92 Å². The molecule has 11 nitrogen and oxygen atoms in total. The summed E-state index contributed by atoms with van der Waals surface area (Å²) in [5.41, 5.74) is 4.64. The van der Waals surface area contributed by atoms with Crippen LogP contribution in [-0.4, -0.2) is 72.3 Å². The maximum atomic E-state index is 13.2. The van der Waals surface area contributed by atoms with Crippen LogP contribution in [0.5, 0.6) is 0 Å². The number of primary amides is 1. The molecular formula is C23H40N6O5. The van der Waals surface area contributed by atoms with Crippen molar-refractivity contribution in [2.75, 3.05) is 20.1 Å². The zero-order valence-electron chi connectivity index (χ0n) is 20.9. The summed E-state index contributed by atoms with van der Waals surface area (Å²) in [6.07, 6.45) is 5.31. The van der Waals surface area contributed by atoms with Crippen LogP contribution in [-0.2, 0) is 19.2 Å². The molecule has 192 valence electrons. The van der Waals surface area contributed by atoms with E-state index in [0.717, 1.165) is 6.42 Å². The Morgan fingerprint density at radius 3 is 2.21 bits per heavy atom.